The van der Waals surface area contributed by atoms with E-state index < -0.39 is 26.7 Å². The third kappa shape index (κ3) is 4.01. The molecule has 0 bridgehead atoms. The van der Waals surface area contributed by atoms with Gasteiger partial charge in [-0.15, -0.1) is 0 Å². The Bertz CT molecular complexity index is 945. The normalized spacial score (nSPS) is 16.5. The maximum Gasteiger partial charge on any atom is 0.416 e. The largest absolute Gasteiger partial charge is 0.456 e. The predicted octanol–water partition coefficient (Wildman–Crippen LogP) is 2.75. The second-order valence-electron chi connectivity index (χ2n) is 6.13. The predicted molar refractivity (Wildman–Crippen MR) is 89.6 cm³/mol. The molecule has 0 N–H and O–H groups in total. The maximum atomic E-state index is 12.8. The molecule has 1 saturated heterocycles. The molecule has 0 spiro atoms. The smallest absolute Gasteiger partial charge is 0.416 e. The van der Waals surface area contributed by atoms with Gasteiger partial charge in [0, 0.05) is 26.2 Å². The molecular weight excluding hydrogens is 385 g/mol. The first kappa shape index (κ1) is 19.4. The van der Waals surface area contributed by atoms with Gasteiger partial charge >= 0.3 is 6.18 Å². The number of halogens is 3. The Kier molecular flexibility index (Phi) is 5.04. The number of rotatable bonds is 3. The SMILES string of the molecule is Cc1ccc(C(=O)N2CCN(S(=O)(=O)c3cccc(C(F)(F)F)c3)CC2)o1. The second kappa shape index (κ2) is 7.01. The van der Waals surface area contributed by atoms with E-state index in [-0.39, 0.29) is 37.8 Å². The maximum absolute atomic E-state index is 12.8. The molecule has 1 aliphatic heterocycles. The van der Waals surface area contributed by atoms with E-state index in [1.165, 1.54) is 4.90 Å². The van der Waals surface area contributed by atoms with Gasteiger partial charge in [-0.2, -0.15) is 17.5 Å². The number of hydrogen-bond acceptors (Lipinski definition) is 4. The van der Waals surface area contributed by atoms with Crippen LogP contribution in [0.1, 0.15) is 21.9 Å². The number of aryl methyl sites for hydroxylation is 1. The van der Waals surface area contributed by atoms with Crippen LogP contribution in [0.2, 0.25) is 0 Å². The van der Waals surface area contributed by atoms with Gasteiger partial charge in [0.15, 0.2) is 5.76 Å². The van der Waals surface area contributed by atoms with Crippen LogP contribution >= 0.6 is 0 Å². The summed E-state index contributed by atoms with van der Waals surface area (Å²) in [6.45, 7) is 1.93. The number of furan rings is 1. The molecular formula is C17H17F3N2O4S. The number of amides is 1. The molecule has 1 aromatic heterocycles. The van der Waals surface area contributed by atoms with Gasteiger partial charge < -0.3 is 9.32 Å². The summed E-state index contributed by atoms with van der Waals surface area (Å²) in [5.74, 6) is 0.407. The highest BCUT2D eigenvalue weighted by Gasteiger charge is 2.34. The van der Waals surface area contributed by atoms with Crippen LogP contribution in [0.15, 0.2) is 45.7 Å². The number of nitrogens with zero attached hydrogens (tertiary/aromatic N) is 2. The minimum absolute atomic E-state index is 0.00991. The van der Waals surface area contributed by atoms with Crippen LogP contribution in [-0.4, -0.2) is 49.7 Å². The van der Waals surface area contributed by atoms with Crippen molar-refractivity contribution in [1.82, 2.24) is 9.21 Å². The Morgan fingerprint density at radius 1 is 1.07 bits per heavy atom. The van der Waals surface area contributed by atoms with Crippen molar-refractivity contribution in [3.05, 3.63) is 53.5 Å². The molecule has 0 saturated carbocycles. The Balaban J connectivity index is 1.72. The van der Waals surface area contributed by atoms with Gasteiger partial charge in [-0.05, 0) is 37.3 Å². The summed E-state index contributed by atoms with van der Waals surface area (Å²) in [5, 5.41) is 0. The van der Waals surface area contributed by atoms with Crippen molar-refractivity contribution in [1.29, 1.82) is 0 Å². The molecule has 146 valence electrons. The average Bonchev–Trinajstić information content (AvgIpc) is 3.07. The summed E-state index contributed by atoms with van der Waals surface area (Å²) in [4.78, 5) is 13.4. The summed E-state index contributed by atoms with van der Waals surface area (Å²) in [6.07, 6.45) is -4.63. The first-order valence-electron chi connectivity index (χ1n) is 8.12. The fraction of sp³-hybridized carbons (Fsp3) is 0.353. The zero-order chi connectivity index (χ0) is 19.8. The molecule has 1 aliphatic rings. The highest BCUT2D eigenvalue weighted by molar-refractivity contribution is 7.89. The minimum atomic E-state index is -4.63. The molecule has 0 aliphatic carbocycles. The summed E-state index contributed by atoms with van der Waals surface area (Å²) < 4.78 is 70.2. The molecule has 27 heavy (non-hydrogen) atoms. The minimum Gasteiger partial charge on any atom is -0.456 e. The molecule has 2 heterocycles. The second-order valence-corrected chi connectivity index (χ2v) is 8.07. The van der Waals surface area contributed by atoms with Crippen molar-refractivity contribution in [2.75, 3.05) is 26.2 Å². The lowest BCUT2D eigenvalue weighted by atomic mass is 10.2. The molecule has 6 nitrogen and oxygen atoms in total. The van der Waals surface area contributed by atoms with E-state index in [1.54, 1.807) is 19.1 Å². The summed E-state index contributed by atoms with van der Waals surface area (Å²) >= 11 is 0. The number of hydrogen-bond donors (Lipinski definition) is 0. The number of carbonyl (C=O) groups excluding carboxylic acids is 1. The number of piperazine rings is 1. The molecule has 2 aromatic rings. The van der Waals surface area contributed by atoms with Crippen LogP contribution in [-0.2, 0) is 16.2 Å². The average molecular weight is 402 g/mol. The first-order chi connectivity index (χ1) is 12.6. The molecule has 0 atom stereocenters. The van der Waals surface area contributed by atoms with Gasteiger partial charge in [0.1, 0.15) is 5.76 Å². The molecule has 1 amide bonds. The monoisotopic (exact) mass is 402 g/mol. The molecule has 1 aromatic carbocycles. The van der Waals surface area contributed by atoms with E-state index in [2.05, 4.69) is 0 Å². The Morgan fingerprint density at radius 2 is 1.74 bits per heavy atom. The van der Waals surface area contributed by atoms with Gasteiger partial charge in [0.2, 0.25) is 10.0 Å². The summed E-state index contributed by atoms with van der Waals surface area (Å²) in [5.41, 5.74) is -1.02. The van der Waals surface area contributed by atoms with Crippen molar-refractivity contribution in [3.8, 4) is 0 Å². The Morgan fingerprint density at radius 3 is 2.30 bits per heavy atom. The number of carbonyl (C=O) groups is 1. The lowest BCUT2D eigenvalue weighted by Gasteiger charge is -2.33. The van der Waals surface area contributed by atoms with Crippen molar-refractivity contribution < 1.29 is 30.8 Å². The summed E-state index contributed by atoms with van der Waals surface area (Å²) in [7, 11) is -4.08. The number of benzene rings is 1. The third-order valence-corrected chi connectivity index (χ3v) is 6.17. The van der Waals surface area contributed by atoms with Crippen LogP contribution in [0.5, 0.6) is 0 Å². The van der Waals surface area contributed by atoms with Gasteiger partial charge in [0.05, 0.1) is 10.5 Å². The van der Waals surface area contributed by atoms with E-state index in [1.807, 2.05) is 0 Å². The van der Waals surface area contributed by atoms with Crippen LogP contribution in [0.4, 0.5) is 13.2 Å². The van der Waals surface area contributed by atoms with E-state index >= 15 is 0 Å². The van der Waals surface area contributed by atoms with E-state index in [9.17, 15) is 26.4 Å². The third-order valence-electron chi connectivity index (χ3n) is 4.28. The first-order valence-corrected chi connectivity index (χ1v) is 9.56. The fourth-order valence-electron chi connectivity index (χ4n) is 2.82. The van der Waals surface area contributed by atoms with E-state index in [0.717, 1.165) is 22.5 Å². The van der Waals surface area contributed by atoms with Crippen LogP contribution in [0, 0.1) is 6.92 Å². The Labute approximate surface area is 154 Å². The molecule has 10 heteroatoms. The van der Waals surface area contributed by atoms with E-state index in [0.29, 0.717) is 11.8 Å². The Hall–Kier alpha value is -2.33. The zero-order valence-corrected chi connectivity index (χ0v) is 15.2. The highest BCUT2D eigenvalue weighted by Crippen LogP contribution is 2.31. The fourth-order valence-corrected chi connectivity index (χ4v) is 4.29. The number of sulfonamides is 1. The van der Waals surface area contributed by atoms with Gasteiger partial charge in [0.25, 0.3) is 5.91 Å². The molecule has 0 unspecified atom stereocenters. The topological polar surface area (TPSA) is 70.8 Å². The zero-order valence-electron chi connectivity index (χ0n) is 14.4. The molecule has 3 rings (SSSR count). The quantitative estimate of drug-likeness (QED) is 0.792. The van der Waals surface area contributed by atoms with Crippen molar-refractivity contribution in [3.63, 3.8) is 0 Å². The van der Waals surface area contributed by atoms with Crippen molar-refractivity contribution in [2.24, 2.45) is 0 Å². The lowest BCUT2D eigenvalue weighted by Crippen LogP contribution is -2.50. The molecule has 1 fully saturated rings. The summed E-state index contributed by atoms with van der Waals surface area (Å²) in [6, 6.07) is 6.84. The standard InChI is InChI=1S/C17H17F3N2O4S/c1-12-5-6-15(26-12)16(23)21-7-9-22(10-8-21)27(24,25)14-4-2-3-13(11-14)17(18,19)20/h2-6,11H,7-10H2,1H3. The van der Waals surface area contributed by atoms with E-state index in [4.69, 9.17) is 4.42 Å². The van der Waals surface area contributed by atoms with Crippen LogP contribution in [0.25, 0.3) is 0 Å². The molecule has 0 radical (unpaired) electrons. The van der Waals surface area contributed by atoms with Crippen molar-refractivity contribution >= 4 is 15.9 Å². The van der Waals surface area contributed by atoms with Crippen molar-refractivity contribution in [2.45, 2.75) is 18.0 Å². The highest BCUT2D eigenvalue weighted by atomic mass is 32.2. The van der Waals surface area contributed by atoms with Crippen LogP contribution < -0.4 is 0 Å². The van der Waals surface area contributed by atoms with Gasteiger partial charge in [-0.25, -0.2) is 8.42 Å². The van der Waals surface area contributed by atoms with Crippen LogP contribution in [0.3, 0.4) is 0 Å². The van der Waals surface area contributed by atoms with Gasteiger partial charge in [-0.3, -0.25) is 4.79 Å². The lowest BCUT2D eigenvalue weighted by molar-refractivity contribution is -0.137. The number of alkyl halides is 3. The van der Waals surface area contributed by atoms with Gasteiger partial charge in [-0.1, -0.05) is 6.07 Å².